The van der Waals surface area contributed by atoms with Crippen LogP contribution in [0, 0.1) is 5.92 Å². The molecule has 6 nitrogen and oxygen atoms in total. The number of nitrogens with one attached hydrogen (secondary N) is 1. The van der Waals surface area contributed by atoms with E-state index in [-0.39, 0.29) is 18.2 Å². The van der Waals surface area contributed by atoms with Gasteiger partial charge in [-0.15, -0.1) is 10.2 Å². The van der Waals surface area contributed by atoms with Crippen molar-refractivity contribution >= 4 is 45.6 Å². The van der Waals surface area contributed by atoms with E-state index in [0.717, 1.165) is 23.5 Å². The van der Waals surface area contributed by atoms with Gasteiger partial charge in [-0.1, -0.05) is 53.3 Å². The molecule has 3 aromatic rings. The second-order valence-corrected chi connectivity index (χ2v) is 8.36. The van der Waals surface area contributed by atoms with E-state index in [2.05, 4.69) is 27.6 Å². The van der Waals surface area contributed by atoms with Crippen LogP contribution in [0.15, 0.2) is 54.6 Å². The third-order valence-electron chi connectivity index (χ3n) is 4.80. The predicted molar refractivity (Wildman–Crippen MR) is 114 cm³/mol. The van der Waals surface area contributed by atoms with Gasteiger partial charge in [-0.2, -0.15) is 0 Å². The van der Waals surface area contributed by atoms with Crippen LogP contribution in [0.4, 0.5) is 10.8 Å². The smallest absolute Gasteiger partial charge is 0.231 e. The molecule has 1 aromatic heterocycles. The van der Waals surface area contributed by atoms with Gasteiger partial charge in [0.05, 0.1) is 5.92 Å². The molecule has 0 saturated carbocycles. The van der Waals surface area contributed by atoms with E-state index >= 15 is 0 Å². The molecule has 1 fully saturated rings. The number of anilines is 2. The number of hydrogen-bond acceptors (Lipinski definition) is 5. The molecule has 1 aliphatic rings. The Hall–Kier alpha value is -2.77. The minimum Gasteiger partial charge on any atom is -0.312 e. The number of aryl methyl sites for hydroxylation is 2. The lowest BCUT2D eigenvalue weighted by Crippen LogP contribution is -2.28. The topological polar surface area (TPSA) is 75.2 Å². The Bertz CT molecular complexity index is 1010. The molecule has 8 heteroatoms. The number of rotatable bonds is 6. The summed E-state index contributed by atoms with van der Waals surface area (Å²) in [7, 11) is 0. The lowest BCUT2D eigenvalue weighted by atomic mass is 10.1. The van der Waals surface area contributed by atoms with E-state index in [1.807, 2.05) is 18.2 Å². The second kappa shape index (κ2) is 8.71. The Labute approximate surface area is 177 Å². The highest BCUT2D eigenvalue weighted by Gasteiger charge is 2.35. The van der Waals surface area contributed by atoms with Gasteiger partial charge in [0.2, 0.25) is 16.9 Å². The van der Waals surface area contributed by atoms with E-state index < -0.39 is 5.92 Å². The normalized spacial score (nSPS) is 16.2. The van der Waals surface area contributed by atoms with Gasteiger partial charge in [-0.05, 0) is 36.2 Å². The Kier molecular flexibility index (Phi) is 5.87. The van der Waals surface area contributed by atoms with E-state index in [1.54, 1.807) is 29.2 Å². The molecule has 0 radical (unpaired) electrons. The van der Waals surface area contributed by atoms with Crippen molar-refractivity contribution in [2.24, 2.45) is 5.92 Å². The van der Waals surface area contributed by atoms with Crippen molar-refractivity contribution in [3.63, 3.8) is 0 Å². The van der Waals surface area contributed by atoms with Crippen molar-refractivity contribution in [2.45, 2.75) is 19.3 Å². The Morgan fingerprint density at radius 3 is 2.62 bits per heavy atom. The summed E-state index contributed by atoms with van der Waals surface area (Å²) in [6, 6.07) is 17.2. The van der Waals surface area contributed by atoms with Crippen LogP contribution in [-0.2, 0) is 22.4 Å². The number of benzene rings is 2. The maximum atomic E-state index is 12.6. The zero-order chi connectivity index (χ0) is 20.2. The number of carbonyl (C=O) groups excluding carboxylic acids is 2. The summed E-state index contributed by atoms with van der Waals surface area (Å²) in [5, 5.41) is 13.0. The van der Waals surface area contributed by atoms with Crippen LogP contribution in [0.5, 0.6) is 0 Å². The number of hydrogen-bond donors (Lipinski definition) is 1. The predicted octanol–water partition coefficient (Wildman–Crippen LogP) is 3.97. The fraction of sp³-hybridized carbons (Fsp3) is 0.238. The van der Waals surface area contributed by atoms with Crippen LogP contribution in [-0.4, -0.2) is 28.6 Å². The molecule has 4 rings (SSSR count). The standard InChI is InChI=1S/C21H19ClN4O2S/c22-16-7-9-17(10-8-16)26-13-15(12-19(26)27)20(28)23-21-25-24-18(29-21)11-6-14-4-2-1-3-5-14/h1-5,7-10,15H,6,11-13H2,(H,23,25,28). The summed E-state index contributed by atoms with van der Waals surface area (Å²) in [6.07, 6.45) is 1.81. The van der Waals surface area contributed by atoms with Gasteiger partial charge in [0.15, 0.2) is 0 Å². The van der Waals surface area contributed by atoms with Gasteiger partial charge in [0.1, 0.15) is 5.01 Å². The maximum absolute atomic E-state index is 12.6. The Morgan fingerprint density at radius 2 is 1.86 bits per heavy atom. The fourth-order valence-corrected chi connectivity index (χ4v) is 4.13. The van der Waals surface area contributed by atoms with Gasteiger partial charge in [-0.3, -0.25) is 9.59 Å². The van der Waals surface area contributed by atoms with Crippen LogP contribution in [0.25, 0.3) is 0 Å². The number of halogens is 1. The number of nitrogens with zero attached hydrogens (tertiary/aromatic N) is 3. The minimum absolute atomic E-state index is 0.0757. The Balaban J connectivity index is 1.33. The molecule has 2 amide bonds. The zero-order valence-corrected chi connectivity index (χ0v) is 17.1. The number of aromatic nitrogens is 2. The van der Waals surface area contributed by atoms with Gasteiger partial charge in [0, 0.05) is 30.1 Å². The highest BCUT2D eigenvalue weighted by atomic mass is 35.5. The summed E-state index contributed by atoms with van der Waals surface area (Å²) in [6.45, 7) is 0.339. The van der Waals surface area contributed by atoms with Crippen LogP contribution < -0.4 is 10.2 Å². The highest BCUT2D eigenvalue weighted by molar-refractivity contribution is 7.15. The monoisotopic (exact) mass is 426 g/mol. The van der Waals surface area contributed by atoms with Crippen molar-refractivity contribution < 1.29 is 9.59 Å². The van der Waals surface area contributed by atoms with E-state index in [0.29, 0.717) is 16.7 Å². The third-order valence-corrected chi connectivity index (χ3v) is 5.95. The number of carbonyl (C=O) groups is 2. The van der Waals surface area contributed by atoms with Crippen LogP contribution in [0.3, 0.4) is 0 Å². The molecule has 0 aliphatic carbocycles. The minimum atomic E-state index is -0.421. The van der Waals surface area contributed by atoms with E-state index in [1.165, 1.54) is 16.9 Å². The molecule has 29 heavy (non-hydrogen) atoms. The molecule has 0 spiro atoms. The molecule has 1 N–H and O–H groups in total. The lowest BCUT2D eigenvalue weighted by Gasteiger charge is -2.16. The van der Waals surface area contributed by atoms with Crippen molar-refractivity contribution in [3.8, 4) is 0 Å². The first-order valence-corrected chi connectivity index (χ1v) is 10.5. The van der Waals surface area contributed by atoms with Gasteiger partial charge in [0.25, 0.3) is 0 Å². The largest absolute Gasteiger partial charge is 0.312 e. The van der Waals surface area contributed by atoms with Crippen molar-refractivity contribution in [2.75, 3.05) is 16.8 Å². The first-order valence-electron chi connectivity index (χ1n) is 9.31. The molecule has 148 valence electrons. The van der Waals surface area contributed by atoms with Crippen LogP contribution in [0.2, 0.25) is 5.02 Å². The summed E-state index contributed by atoms with van der Waals surface area (Å²) >= 11 is 7.28. The van der Waals surface area contributed by atoms with Crippen molar-refractivity contribution in [3.05, 3.63) is 70.2 Å². The zero-order valence-electron chi connectivity index (χ0n) is 15.5. The average Bonchev–Trinajstić information content (AvgIpc) is 3.34. The second-order valence-electron chi connectivity index (χ2n) is 6.86. The molecular formula is C21H19ClN4O2S. The Morgan fingerprint density at radius 1 is 1.10 bits per heavy atom. The number of amides is 2. The van der Waals surface area contributed by atoms with Crippen LogP contribution in [0.1, 0.15) is 17.0 Å². The molecular weight excluding hydrogens is 408 g/mol. The summed E-state index contributed by atoms with van der Waals surface area (Å²) in [5.74, 6) is -0.705. The fourth-order valence-electron chi connectivity index (χ4n) is 3.26. The van der Waals surface area contributed by atoms with Crippen LogP contribution >= 0.6 is 22.9 Å². The molecule has 1 atom stereocenters. The van der Waals surface area contributed by atoms with Gasteiger partial charge in [-0.25, -0.2) is 0 Å². The van der Waals surface area contributed by atoms with E-state index in [9.17, 15) is 9.59 Å². The third kappa shape index (κ3) is 4.81. The molecule has 1 aliphatic heterocycles. The molecule has 0 bridgehead atoms. The summed E-state index contributed by atoms with van der Waals surface area (Å²) in [5.41, 5.74) is 1.98. The van der Waals surface area contributed by atoms with Gasteiger partial charge < -0.3 is 10.2 Å². The molecule has 2 aromatic carbocycles. The quantitative estimate of drug-likeness (QED) is 0.647. The summed E-state index contributed by atoms with van der Waals surface area (Å²) < 4.78 is 0. The first-order chi connectivity index (χ1) is 14.1. The highest BCUT2D eigenvalue weighted by Crippen LogP contribution is 2.27. The SMILES string of the molecule is O=C(Nc1nnc(CCc2ccccc2)s1)C1CC(=O)N(c2ccc(Cl)cc2)C1. The molecule has 1 saturated heterocycles. The van der Waals surface area contributed by atoms with Crippen molar-refractivity contribution in [1.29, 1.82) is 0 Å². The first kappa shape index (κ1) is 19.5. The summed E-state index contributed by atoms with van der Waals surface area (Å²) in [4.78, 5) is 26.6. The van der Waals surface area contributed by atoms with Crippen molar-refractivity contribution in [1.82, 2.24) is 10.2 Å². The lowest BCUT2D eigenvalue weighted by molar-refractivity contribution is -0.122. The maximum Gasteiger partial charge on any atom is 0.231 e. The average molecular weight is 427 g/mol. The van der Waals surface area contributed by atoms with Gasteiger partial charge >= 0.3 is 0 Å². The molecule has 2 heterocycles. The molecule has 1 unspecified atom stereocenters. The van der Waals surface area contributed by atoms with E-state index in [4.69, 9.17) is 11.6 Å².